The summed E-state index contributed by atoms with van der Waals surface area (Å²) >= 11 is 5.69. The van der Waals surface area contributed by atoms with Gasteiger partial charge in [-0.3, -0.25) is 4.79 Å². The summed E-state index contributed by atoms with van der Waals surface area (Å²) in [4.78, 5) is 11.7. The zero-order valence-corrected chi connectivity index (χ0v) is 10.1. The lowest BCUT2D eigenvalue weighted by Gasteiger charge is -2.04. The third-order valence-electron chi connectivity index (χ3n) is 2.37. The number of amides is 1. The van der Waals surface area contributed by atoms with Gasteiger partial charge in [-0.15, -0.1) is 0 Å². The van der Waals surface area contributed by atoms with Crippen molar-refractivity contribution in [1.29, 1.82) is 5.26 Å². The lowest BCUT2D eigenvalue weighted by atomic mass is 10.1. The summed E-state index contributed by atoms with van der Waals surface area (Å²) in [5.41, 5.74) is 1.71. The Morgan fingerprint density at radius 1 is 1.44 bits per heavy atom. The molecule has 0 aliphatic rings. The Morgan fingerprint density at radius 3 is 2.94 bits per heavy atom. The van der Waals surface area contributed by atoms with Gasteiger partial charge in [-0.25, -0.2) is 0 Å². The number of nitriles is 1. The van der Waals surface area contributed by atoms with Gasteiger partial charge >= 0.3 is 0 Å². The van der Waals surface area contributed by atoms with Crippen LogP contribution in [0.25, 0.3) is 0 Å². The van der Waals surface area contributed by atoms with E-state index in [2.05, 4.69) is 5.32 Å². The topological polar surface area (TPSA) is 66.0 Å². The number of carbonyl (C=O) groups excluding carboxylic acids is 1. The number of nitrogens with one attached hydrogen (secondary N) is 1. The molecule has 0 aliphatic heterocycles. The van der Waals surface area contributed by atoms with Gasteiger partial charge in [-0.1, -0.05) is 12.1 Å². The van der Waals surface area contributed by atoms with Crippen molar-refractivity contribution >= 4 is 17.5 Å². The van der Waals surface area contributed by atoms with Gasteiger partial charge < -0.3 is 9.73 Å². The average Bonchev–Trinajstić information content (AvgIpc) is 2.82. The summed E-state index contributed by atoms with van der Waals surface area (Å²) in [7, 11) is 0. The molecule has 1 aromatic carbocycles. The first-order valence-electron chi connectivity index (χ1n) is 5.21. The van der Waals surface area contributed by atoms with E-state index in [-0.39, 0.29) is 11.1 Å². The normalized spacial score (nSPS) is 9.78. The Bertz CT molecular complexity index is 613. The summed E-state index contributed by atoms with van der Waals surface area (Å²) in [6.07, 6.45) is 1.35. The molecule has 0 saturated heterocycles. The van der Waals surface area contributed by atoms with Gasteiger partial charge in [-0.2, -0.15) is 5.26 Å². The van der Waals surface area contributed by atoms with E-state index >= 15 is 0 Å². The fourth-order valence-corrected chi connectivity index (χ4v) is 1.68. The first-order chi connectivity index (χ1) is 8.70. The van der Waals surface area contributed by atoms with Crippen LogP contribution >= 0.6 is 11.6 Å². The molecule has 4 nitrogen and oxygen atoms in total. The fourth-order valence-electron chi connectivity index (χ4n) is 1.48. The molecule has 0 radical (unpaired) electrons. The predicted molar refractivity (Wildman–Crippen MR) is 66.0 cm³/mol. The first-order valence-corrected chi connectivity index (χ1v) is 5.58. The van der Waals surface area contributed by atoms with Crippen molar-refractivity contribution in [1.82, 2.24) is 5.32 Å². The van der Waals surface area contributed by atoms with E-state index < -0.39 is 0 Å². The second-order valence-corrected chi connectivity index (χ2v) is 3.95. The molecule has 0 atom stereocenters. The van der Waals surface area contributed by atoms with Gasteiger partial charge in [0, 0.05) is 6.54 Å². The van der Waals surface area contributed by atoms with E-state index in [1.54, 1.807) is 18.2 Å². The van der Waals surface area contributed by atoms with Crippen LogP contribution in [0, 0.1) is 11.3 Å². The Morgan fingerprint density at radius 2 is 2.28 bits per heavy atom. The van der Waals surface area contributed by atoms with E-state index in [1.807, 2.05) is 12.1 Å². The Kier molecular flexibility index (Phi) is 3.66. The first kappa shape index (κ1) is 12.2. The third kappa shape index (κ3) is 2.70. The minimum Gasteiger partial charge on any atom is -0.452 e. The number of rotatable bonds is 3. The van der Waals surface area contributed by atoms with E-state index in [4.69, 9.17) is 21.3 Å². The molecule has 2 aromatic rings. The maximum Gasteiger partial charge on any atom is 0.256 e. The molecule has 1 aromatic heterocycles. The molecular weight excluding hydrogens is 252 g/mol. The number of furan rings is 1. The molecule has 1 amide bonds. The maximum atomic E-state index is 11.7. The molecule has 1 N–H and O–H groups in total. The summed E-state index contributed by atoms with van der Waals surface area (Å²) < 4.78 is 4.84. The smallest absolute Gasteiger partial charge is 0.256 e. The van der Waals surface area contributed by atoms with E-state index in [0.717, 1.165) is 5.56 Å². The molecule has 0 bridgehead atoms. The molecule has 0 aliphatic carbocycles. The second-order valence-electron chi connectivity index (χ2n) is 3.60. The number of halogens is 1. The Balaban J connectivity index is 2.02. The van der Waals surface area contributed by atoms with Crippen molar-refractivity contribution in [2.75, 3.05) is 0 Å². The molecule has 0 unspecified atom stereocenters. The average molecular weight is 261 g/mol. The zero-order chi connectivity index (χ0) is 13.0. The van der Waals surface area contributed by atoms with Crippen molar-refractivity contribution in [3.05, 3.63) is 58.5 Å². The number of nitrogens with zero attached hydrogens (tertiary/aromatic N) is 1. The molecular formula is C13H9ClN2O2. The Hall–Kier alpha value is -2.25. The quantitative estimate of drug-likeness (QED) is 0.923. The summed E-state index contributed by atoms with van der Waals surface area (Å²) in [6.45, 7) is 0.329. The largest absolute Gasteiger partial charge is 0.452 e. The van der Waals surface area contributed by atoms with Crippen molar-refractivity contribution in [2.45, 2.75) is 6.54 Å². The van der Waals surface area contributed by atoms with Crippen LogP contribution in [0.4, 0.5) is 0 Å². The lowest BCUT2D eigenvalue weighted by Crippen LogP contribution is -2.22. The summed E-state index contributed by atoms with van der Waals surface area (Å²) in [6, 6.07) is 10.6. The fraction of sp³-hybridized carbons (Fsp3) is 0.0769. The third-order valence-corrected chi connectivity index (χ3v) is 2.66. The van der Waals surface area contributed by atoms with Gasteiger partial charge in [0.2, 0.25) is 5.22 Å². The lowest BCUT2D eigenvalue weighted by molar-refractivity contribution is 0.0950. The van der Waals surface area contributed by atoms with Crippen molar-refractivity contribution < 1.29 is 9.21 Å². The van der Waals surface area contributed by atoms with Crippen LogP contribution in [-0.4, -0.2) is 5.91 Å². The van der Waals surface area contributed by atoms with Crippen LogP contribution in [0.2, 0.25) is 5.22 Å². The highest BCUT2D eigenvalue weighted by atomic mass is 35.5. The maximum absolute atomic E-state index is 11.7. The second kappa shape index (κ2) is 5.39. The van der Waals surface area contributed by atoms with E-state index in [0.29, 0.717) is 17.7 Å². The number of hydrogen-bond acceptors (Lipinski definition) is 3. The van der Waals surface area contributed by atoms with Crippen LogP contribution < -0.4 is 5.32 Å². The van der Waals surface area contributed by atoms with Gasteiger partial charge in [0.05, 0.1) is 23.5 Å². The minimum atomic E-state index is -0.309. The van der Waals surface area contributed by atoms with E-state index in [9.17, 15) is 4.79 Å². The molecule has 1 heterocycles. The van der Waals surface area contributed by atoms with Crippen LogP contribution in [0.1, 0.15) is 21.5 Å². The van der Waals surface area contributed by atoms with Gasteiger partial charge in [-0.05, 0) is 35.4 Å². The highest BCUT2D eigenvalue weighted by Gasteiger charge is 2.12. The van der Waals surface area contributed by atoms with Crippen LogP contribution in [0.3, 0.4) is 0 Å². The number of carbonyl (C=O) groups is 1. The van der Waals surface area contributed by atoms with Gasteiger partial charge in [0.1, 0.15) is 0 Å². The van der Waals surface area contributed by atoms with Crippen LogP contribution in [0.5, 0.6) is 0 Å². The SMILES string of the molecule is N#Cc1cccc(CNC(=O)c2ccoc2Cl)c1. The predicted octanol–water partition coefficient (Wildman–Crippen LogP) is 2.73. The van der Waals surface area contributed by atoms with Crippen molar-refractivity contribution in [2.24, 2.45) is 0 Å². The molecule has 5 heteroatoms. The molecule has 0 saturated carbocycles. The monoisotopic (exact) mass is 260 g/mol. The molecule has 2 rings (SSSR count). The molecule has 0 spiro atoms. The minimum absolute atomic E-state index is 0.0678. The highest BCUT2D eigenvalue weighted by molar-refractivity contribution is 6.32. The van der Waals surface area contributed by atoms with Gasteiger partial charge in [0.15, 0.2) is 0 Å². The van der Waals surface area contributed by atoms with Crippen LogP contribution in [-0.2, 0) is 6.54 Å². The standard InChI is InChI=1S/C13H9ClN2O2/c14-12-11(4-5-18-12)13(17)16-8-10-3-1-2-9(6-10)7-15/h1-6H,8H2,(H,16,17). The highest BCUT2D eigenvalue weighted by Crippen LogP contribution is 2.16. The van der Waals surface area contributed by atoms with Crippen LogP contribution in [0.15, 0.2) is 41.0 Å². The van der Waals surface area contributed by atoms with Crippen molar-refractivity contribution in [3.63, 3.8) is 0 Å². The van der Waals surface area contributed by atoms with Crippen molar-refractivity contribution in [3.8, 4) is 6.07 Å². The molecule has 0 fully saturated rings. The number of hydrogen-bond donors (Lipinski definition) is 1. The summed E-state index contributed by atoms with van der Waals surface area (Å²) in [5, 5.41) is 11.5. The molecule has 18 heavy (non-hydrogen) atoms. The van der Waals surface area contributed by atoms with Gasteiger partial charge in [0.25, 0.3) is 5.91 Å². The van der Waals surface area contributed by atoms with E-state index in [1.165, 1.54) is 12.3 Å². The Labute approximate surface area is 109 Å². The summed E-state index contributed by atoms with van der Waals surface area (Å²) in [5.74, 6) is -0.309. The molecule has 90 valence electrons. The zero-order valence-electron chi connectivity index (χ0n) is 9.31. The number of benzene rings is 1.